The highest BCUT2D eigenvalue weighted by atomic mass is 32.2. The van der Waals surface area contributed by atoms with Gasteiger partial charge in [0.1, 0.15) is 5.82 Å². The van der Waals surface area contributed by atoms with E-state index < -0.39 is 0 Å². The van der Waals surface area contributed by atoms with Crippen molar-refractivity contribution in [3.05, 3.63) is 36.2 Å². The maximum atomic E-state index is 12.0. The van der Waals surface area contributed by atoms with Gasteiger partial charge in [0.15, 0.2) is 5.16 Å². The molecular formula is C15H20N4O2S. The lowest BCUT2D eigenvalue weighted by Crippen LogP contribution is -2.14. The molecule has 7 heteroatoms. The number of para-hydroxylation sites is 1. The largest absolute Gasteiger partial charge is 0.385 e. The molecule has 118 valence electrons. The van der Waals surface area contributed by atoms with Gasteiger partial charge in [0.25, 0.3) is 0 Å². The Morgan fingerprint density at radius 3 is 2.82 bits per heavy atom. The van der Waals surface area contributed by atoms with Gasteiger partial charge in [-0.1, -0.05) is 30.0 Å². The van der Waals surface area contributed by atoms with Crippen LogP contribution in [-0.2, 0) is 16.1 Å². The number of carbonyl (C=O) groups is 1. The third-order valence-corrected chi connectivity index (χ3v) is 3.99. The smallest absolute Gasteiger partial charge is 0.234 e. The summed E-state index contributed by atoms with van der Waals surface area (Å²) >= 11 is 1.39. The van der Waals surface area contributed by atoms with Crippen molar-refractivity contribution >= 4 is 23.4 Å². The number of benzene rings is 1. The zero-order valence-electron chi connectivity index (χ0n) is 12.8. The van der Waals surface area contributed by atoms with Gasteiger partial charge in [-0.2, -0.15) is 0 Å². The molecular weight excluding hydrogens is 300 g/mol. The van der Waals surface area contributed by atoms with Crippen LogP contribution in [0.4, 0.5) is 5.69 Å². The minimum Gasteiger partial charge on any atom is -0.385 e. The van der Waals surface area contributed by atoms with E-state index in [1.54, 1.807) is 7.11 Å². The summed E-state index contributed by atoms with van der Waals surface area (Å²) in [5.41, 5.74) is 0.797. The fourth-order valence-electron chi connectivity index (χ4n) is 1.94. The number of rotatable bonds is 8. The average molecular weight is 320 g/mol. The lowest BCUT2D eigenvalue weighted by Gasteiger charge is -2.08. The Morgan fingerprint density at radius 2 is 2.09 bits per heavy atom. The first kappa shape index (κ1) is 16.5. The molecule has 0 saturated heterocycles. The van der Waals surface area contributed by atoms with Gasteiger partial charge >= 0.3 is 0 Å². The Kier molecular flexibility index (Phi) is 6.42. The predicted octanol–water partition coefficient (Wildman–Crippen LogP) is 2.35. The van der Waals surface area contributed by atoms with Crippen LogP contribution in [-0.4, -0.2) is 40.1 Å². The summed E-state index contributed by atoms with van der Waals surface area (Å²) in [6.07, 6.45) is 0.888. The summed E-state index contributed by atoms with van der Waals surface area (Å²) in [7, 11) is 1.68. The SMILES string of the molecule is COCCCn1c(C)nnc1SCC(=O)Nc1ccccc1. The number of aryl methyl sites for hydroxylation is 1. The van der Waals surface area contributed by atoms with Crippen LogP contribution in [0.15, 0.2) is 35.5 Å². The van der Waals surface area contributed by atoms with E-state index in [2.05, 4.69) is 15.5 Å². The van der Waals surface area contributed by atoms with Crippen LogP contribution in [0.3, 0.4) is 0 Å². The minimum absolute atomic E-state index is 0.0553. The molecule has 0 atom stereocenters. The van der Waals surface area contributed by atoms with Gasteiger partial charge < -0.3 is 14.6 Å². The Morgan fingerprint density at radius 1 is 1.32 bits per heavy atom. The van der Waals surface area contributed by atoms with Gasteiger partial charge in [0, 0.05) is 25.9 Å². The number of hydrogen-bond donors (Lipinski definition) is 1. The first-order valence-electron chi connectivity index (χ1n) is 7.07. The van der Waals surface area contributed by atoms with Crippen molar-refractivity contribution in [2.75, 3.05) is 24.8 Å². The van der Waals surface area contributed by atoms with E-state index in [9.17, 15) is 4.79 Å². The van der Waals surface area contributed by atoms with Crippen LogP contribution >= 0.6 is 11.8 Å². The van der Waals surface area contributed by atoms with Gasteiger partial charge in [-0.15, -0.1) is 10.2 Å². The van der Waals surface area contributed by atoms with E-state index in [1.165, 1.54) is 11.8 Å². The summed E-state index contributed by atoms with van der Waals surface area (Å²) in [5, 5.41) is 11.8. The van der Waals surface area contributed by atoms with Crippen LogP contribution in [0.1, 0.15) is 12.2 Å². The normalized spacial score (nSPS) is 10.6. The monoisotopic (exact) mass is 320 g/mol. The maximum Gasteiger partial charge on any atom is 0.234 e. The Bertz CT molecular complexity index is 601. The molecule has 1 heterocycles. The van der Waals surface area contributed by atoms with Gasteiger partial charge in [-0.3, -0.25) is 4.79 Å². The van der Waals surface area contributed by atoms with Crippen LogP contribution in [0.5, 0.6) is 0 Å². The van der Waals surface area contributed by atoms with Gasteiger partial charge in [0.05, 0.1) is 5.75 Å². The topological polar surface area (TPSA) is 69.0 Å². The standard InChI is InChI=1S/C15H20N4O2S/c1-12-17-18-15(19(12)9-6-10-21-2)22-11-14(20)16-13-7-4-3-5-8-13/h3-5,7-8H,6,9-11H2,1-2H3,(H,16,20). The van der Waals surface area contributed by atoms with Crippen molar-refractivity contribution in [2.45, 2.75) is 25.0 Å². The number of amides is 1. The van der Waals surface area contributed by atoms with Crippen LogP contribution < -0.4 is 5.32 Å². The lowest BCUT2D eigenvalue weighted by atomic mass is 10.3. The Balaban J connectivity index is 1.87. The molecule has 6 nitrogen and oxygen atoms in total. The second-order valence-electron chi connectivity index (χ2n) is 4.73. The molecule has 0 bridgehead atoms. The number of hydrogen-bond acceptors (Lipinski definition) is 5. The van der Waals surface area contributed by atoms with Crippen molar-refractivity contribution in [1.29, 1.82) is 0 Å². The number of anilines is 1. The summed E-state index contributed by atoms with van der Waals surface area (Å²) < 4.78 is 7.07. The molecule has 0 aliphatic rings. The van der Waals surface area contributed by atoms with E-state index in [1.807, 2.05) is 41.8 Å². The molecule has 1 aromatic carbocycles. The van der Waals surface area contributed by atoms with Crippen molar-refractivity contribution in [3.8, 4) is 0 Å². The molecule has 0 radical (unpaired) electrons. The number of ether oxygens (including phenoxy) is 1. The number of methoxy groups -OCH3 is 1. The lowest BCUT2D eigenvalue weighted by molar-refractivity contribution is -0.113. The van der Waals surface area contributed by atoms with E-state index in [0.717, 1.165) is 29.6 Å². The molecule has 0 fully saturated rings. The third kappa shape index (κ3) is 4.85. The van der Waals surface area contributed by atoms with Crippen molar-refractivity contribution < 1.29 is 9.53 Å². The molecule has 1 amide bonds. The maximum absolute atomic E-state index is 12.0. The second kappa shape index (κ2) is 8.55. The van der Waals surface area contributed by atoms with Gasteiger partial charge in [0.2, 0.25) is 5.91 Å². The second-order valence-corrected chi connectivity index (χ2v) is 5.67. The molecule has 22 heavy (non-hydrogen) atoms. The fraction of sp³-hybridized carbons (Fsp3) is 0.400. The molecule has 0 unspecified atom stereocenters. The zero-order valence-corrected chi connectivity index (χ0v) is 13.6. The Hall–Kier alpha value is -1.86. The van der Waals surface area contributed by atoms with Crippen LogP contribution in [0, 0.1) is 6.92 Å². The van der Waals surface area contributed by atoms with Crippen LogP contribution in [0.2, 0.25) is 0 Å². The molecule has 0 aliphatic carbocycles. The van der Waals surface area contributed by atoms with E-state index in [0.29, 0.717) is 12.4 Å². The Labute approximate surface area is 134 Å². The van der Waals surface area contributed by atoms with Crippen LogP contribution in [0.25, 0.3) is 0 Å². The number of nitrogens with zero attached hydrogens (tertiary/aromatic N) is 3. The molecule has 0 saturated carbocycles. The molecule has 1 aromatic heterocycles. The van der Waals surface area contributed by atoms with E-state index in [4.69, 9.17) is 4.74 Å². The quantitative estimate of drug-likeness (QED) is 0.597. The van der Waals surface area contributed by atoms with Crippen molar-refractivity contribution in [2.24, 2.45) is 0 Å². The molecule has 1 N–H and O–H groups in total. The first-order chi connectivity index (χ1) is 10.7. The number of nitrogens with one attached hydrogen (secondary N) is 1. The number of thioether (sulfide) groups is 1. The highest BCUT2D eigenvalue weighted by Gasteiger charge is 2.11. The minimum atomic E-state index is -0.0553. The molecule has 0 spiro atoms. The summed E-state index contributed by atoms with van der Waals surface area (Å²) in [4.78, 5) is 12.0. The van der Waals surface area contributed by atoms with Crippen molar-refractivity contribution in [1.82, 2.24) is 14.8 Å². The van der Waals surface area contributed by atoms with E-state index in [-0.39, 0.29) is 5.91 Å². The summed E-state index contributed by atoms with van der Waals surface area (Å²) in [5.74, 6) is 1.10. The van der Waals surface area contributed by atoms with E-state index >= 15 is 0 Å². The first-order valence-corrected chi connectivity index (χ1v) is 8.05. The predicted molar refractivity (Wildman–Crippen MR) is 87.0 cm³/mol. The molecule has 0 aliphatic heterocycles. The van der Waals surface area contributed by atoms with Crippen molar-refractivity contribution in [3.63, 3.8) is 0 Å². The average Bonchev–Trinajstić information content (AvgIpc) is 2.87. The van der Waals surface area contributed by atoms with Gasteiger partial charge in [-0.05, 0) is 25.5 Å². The zero-order chi connectivity index (χ0) is 15.8. The summed E-state index contributed by atoms with van der Waals surface area (Å²) in [6.45, 7) is 3.39. The fourth-order valence-corrected chi connectivity index (χ4v) is 2.75. The summed E-state index contributed by atoms with van der Waals surface area (Å²) in [6, 6.07) is 9.41. The molecule has 2 aromatic rings. The molecule has 2 rings (SSSR count). The number of aromatic nitrogens is 3. The number of carbonyl (C=O) groups excluding carboxylic acids is 1. The highest BCUT2D eigenvalue weighted by Crippen LogP contribution is 2.17. The highest BCUT2D eigenvalue weighted by molar-refractivity contribution is 7.99. The third-order valence-electron chi connectivity index (χ3n) is 3.02. The van der Waals surface area contributed by atoms with Gasteiger partial charge in [-0.25, -0.2) is 0 Å².